The maximum Gasteiger partial charge on any atom is 0.186 e. The third-order valence-corrected chi connectivity index (χ3v) is 6.72. The number of hydrogen-bond donors (Lipinski definition) is 2. The summed E-state index contributed by atoms with van der Waals surface area (Å²) in [5, 5.41) is 8.86. The number of methoxy groups -OCH3 is 1. The van der Waals surface area contributed by atoms with Crippen molar-refractivity contribution >= 4 is 16.7 Å². The summed E-state index contributed by atoms with van der Waals surface area (Å²) >= 11 is 0. The molecule has 188 valence electrons. The summed E-state index contributed by atoms with van der Waals surface area (Å²) in [5.74, 6) is 0.0569. The molecule has 0 aliphatic heterocycles. The smallest absolute Gasteiger partial charge is 0.186 e. The Balaban J connectivity index is 1.37. The van der Waals surface area contributed by atoms with Crippen LogP contribution >= 0.6 is 0 Å². The van der Waals surface area contributed by atoms with E-state index in [2.05, 4.69) is 52.7 Å². The van der Waals surface area contributed by atoms with Crippen molar-refractivity contribution in [3.05, 3.63) is 114 Å². The molecule has 0 fully saturated rings. The molecule has 5 rings (SSSR count). The van der Waals surface area contributed by atoms with Crippen LogP contribution in [0.4, 0.5) is 0 Å². The summed E-state index contributed by atoms with van der Waals surface area (Å²) in [6.07, 6.45) is 6.55. The Morgan fingerprint density at radius 3 is 2.65 bits per heavy atom. The van der Waals surface area contributed by atoms with E-state index >= 15 is 0 Å². The van der Waals surface area contributed by atoms with E-state index in [0.717, 1.165) is 34.0 Å². The molecule has 6 nitrogen and oxygen atoms in total. The van der Waals surface area contributed by atoms with Crippen LogP contribution in [0.5, 0.6) is 0 Å². The van der Waals surface area contributed by atoms with Crippen LogP contribution in [-0.4, -0.2) is 40.8 Å². The van der Waals surface area contributed by atoms with Crippen LogP contribution in [0.25, 0.3) is 22.0 Å². The van der Waals surface area contributed by atoms with Crippen LogP contribution in [-0.2, 0) is 17.7 Å². The van der Waals surface area contributed by atoms with Crippen molar-refractivity contribution in [2.24, 2.45) is 0 Å². The SMILES string of the molecule is COCCn1cc(-c2ccc3c(C(=O)[C@H](NCCc4ccc(C)cc4)c4ccccc4)c[nH]c3c2)cn1. The van der Waals surface area contributed by atoms with Crippen LogP contribution in [0.3, 0.4) is 0 Å². The zero-order valence-electron chi connectivity index (χ0n) is 21.3. The fourth-order valence-corrected chi connectivity index (χ4v) is 4.61. The highest BCUT2D eigenvalue weighted by Crippen LogP contribution is 2.29. The van der Waals surface area contributed by atoms with Gasteiger partial charge in [0.1, 0.15) is 0 Å². The topological polar surface area (TPSA) is 71.9 Å². The number of H-pyrrole nitrogens is 1. The van der Waals surface area contributed by atoms with Crippen molar-refractivity contribution in [2.45, 2.75) is 25.9 Å². The highest BCUT2D eigenvalue weighted by Gasteiger charge is 2.24. The molecule has 0 spiro atoms. The zero-order chi connectivity index (χ0) is 25.6. The molecule has 0 unspecified atom stereocenters. The fraction of sp³-hybridized carbons (Fsp3) is 0.226. The average molecular weight is 493 g/mol. The van der Waals surface area contributed by atoms with Gasteiger partial charge in [-0.3, -0.25) is 9.48 Å². The molecule has 2 aromatic heterocycles. The molecule has 0 radical (unpaired) electrons. The van der Waals surface area contributed by atoms with Crippen molar-refractivity contribution in [3.8, 4) is 11.1 Å². The third-order valence-electron chi connectivity index (χ3n) is 6.72. The van der Waals surface area contributed by atoms with Gasteiger partial charge in [0.05, 0.1) is 25.4 Å². The van der Waals surface area contributed by atoms with Gasteiger partial charge in [0.2, 0.25) is 0 Å². The van der Waals surface area contributed by atoms with Crippen molar-refractivity contribution in [3.63, 3.8) is 0 Å². The average Bonchev–Trinajstić information content (AvgIpc) is 3.58. The first kappa shape index (κ1) is 24.7. The Bertz CT molecular complexity index is 1470. The molecule has 0 amide bonds. The van der Waals surface area contributed by atoms with Gasteiger partial charge in [0, 0.05) is 48.1 Å². The van der Waals surface area contributed by atoms with E-state index in [1.54, 1.807) is 7.11 Å². The van der Waals surface area contributed by atoms with Crippen molar-refractivity contribution < 1.29 is 9.53 Å². The molecular formula is C31H32N4O2. The number of ketones is 1. The highest BCUT2D eigenvalue weighted by molar-refractivity contribution is 6.11. The molecule has 2 heterocycles. The molecule has 0 aliphatic carbocycles. The number of Topliss-reactive ketones (excluding diaryl/α,β-unsaturated/α-hetero) is 1. The van der Waals surface area contributed by atoms with Crippen molar-refractivity contribution in [2.75, 3.05) is 20.3 Å². The van der Waals surface area contributed by atoms with Crippen LogP contribution in [0, 0.1) is 6.92 Å². The number of carbonyl (C=O) groups is 1. The normalized spacial score (nSPS) is 12.2. The maximum absolute atomic E-state index is 13.9. The number of nitrogens with zero attached hydrogens (tertiary/aromatic N) is 2. The van der Waals surface area contributed by atoms with Gasteiger partial charge in [0.25, 0.3) is 0 Å². The van der Waals surface area contributed by atoms with Gasteiger partial charge in [-0.2, -0.15) is 5.10 Å². The van der Waals surface area contributed by atoms with E-state index in [0.29, 0.717) is 25.3 Å². The fourth-order valence-electron chi connectivity index (χ4n) is 4.61. The minimum atomic E-state index is -0.427. The number of fused-ring (bicyclic) bond motifs is 1. The Kier molecular flexibility index (Phi) is 7.59. The summed E-state index contributed by atoms with van der Waals surface area (Å²) in [7, 11) is 1.68. The molecular weight excluding hydrogens is 460 g/mol. The number of aromatic amines is 1. The van der Waals surface area contributed by atoms with E-state index in [9.17, 15) is 4.79 Å². The number of nitrogens with one attached hydrogen (secondary N) is 2. The highest BCUT2D eigenvalue weighted by atomic mass is 16.5. The third kappa shape index (κ3) is 5.71. The summed E-state index contributed by atoms with van der Waals surface area (Å²) in [4.78, 5) is 17.2. The second kappa shape index (κ2) is 11.4. The Morgan fingerprint density at radius 2 is 1.86 bits per heavy atom. The number of benzene rings is 3. The predicted octanol–water partition coefficient (Wildman–Crippen LogP) is 5.74. The monoisotopic (exact) mass is 492 g/mol. The zero-order valence-corrected chi connectivity index (χ0v) is 21.3. The molecule has 5 aromatic rings. The predicted molar refractivity (Wildman–Crippen MR) is 148 cm³/mol. The summed E-state index contributed by atoms with van der Waals surface area (Å²) in [6.45, 7) is 4.11. The summed E-state index contributed by atoms with van der Waals surface area (Å²) in [5.41, 5.74) is 7.16. The first-order chi connectivity index (χ1) is 18.1. The van der Waals surface area contributed by atoms with Gasteiger partial charge >= 0.3 is 0 Å². The molecule has 0 bridgehead atoms. The molecule has 6 heteroatoms. The standard InChI is InChI=1S/C31H32N4O2/c1-22-8-10-23(11-9-22)14-15-32-30(24-6-4-3-5-7-24)31(36)28-20-33-29-18-25(12-13-27(28)29)26-19-34-35(21-26)16-17-37-2/h3-13,18-21,30,32-33H,14-17H2,1-2H3/t30-/m1/s1. The molecule has 0 aliphatic rings. The molecule has 0 saturated heterocycles. The van der Waals surface area contributed by atoms with Crippen molar-refractivity contribution in [1.29, 1.82) is 0 Å². The first-order valence-electron chi connectivity index (χ1n) is 12.6. The Hall–Kier alpha value is -4.00. The number of rotatable bonds is 11. The van der Waals surface area contributed by atoms with Gasteiger partial charge in [-0.1, -0.05) is 72.3 Å². The lowest BCUT2D eigenvalue weighted by molar-refractivity contribution is 0.0945. The van der Waals surface area contributed by atoms with E-state index in [1.165, 1.54) is 11.1 Å². The summed E-state index contributed by atoms with van der Waals surface area (Å²) < 4.78 is 7.02. The Labute approximate surface area is 217 Å². The van der Waals surface area contributed by atoms with Gasteiger partial charge in [0.15, 0.2) is 5.78 Å². The minimum absolute atomic E-state index is 0.0569. The van der Waals surface area contributed by atoms with Crippen LogP contribution in [0.1, 0.15) is 33.1 Å². The lowest BCUT2D eigenvalue weighted by Crippen LogP contribution is -2.30. The van der Waals surface area contributed by atoms with E-state index in [4.69, 9.17) is 4.74 Å². The first-order valence-corrected chi connectivity index (χ1v) is 12.6. The van der Waals surface area contributed by atoms with Crippen LogP contribution in [0.15, 0.2) is 91.4 Å². The van der Waals surface area contributed by atoms with E-state index in [-0.39, 0.29) is 5.78 Å². The summed E-state index contributed by atoms with van der Waals surface area (Å²) in [6, 6.07) is 24.2. The number of carbonyl (C=O) groups excluding carboxylic acids is 1. The van der Waals surface area contributed by atoms with Gasteiger partial charge in [-0.05, 0) is 36.1 Å². The Morgan fingerprint density at radius 1 is 1.05 bits per heavy atom. The maximum atomic E-state index is 13.9. The van der Waals surface area contributed by atoms with E-state index < -0.39 is 6.04 Å². The molecule has 2 N–H and O–H groups in total. The van der Waals surface area contributed by atoms with E-state index in [1.807, 2.05) is 65.7 Å². The second-order valence-corrected chi connectivity index (χ2v) is 9.35. The van der Waals surface area contributed by atoms with Gasteiger partial charge in [-0.25, -0.2) is 0 Å². The molecule has 3 aromatic carbocycles. The number of aromatic nitrogens is 3. The minimum Gasteiger partial charge on any atom is -0.383 e. The lowest BCUT2D eigenvalue weighted by atomic mass is 9.96. The number of ether oxygens (including phenoxy) is 1. The second-order valence-electron chi connectivity index (χ2n) is 9.35. The quantitative estimate of drug-likeness (QED) is 0.231. The number of aryl methyl sites for hydroxylation is 1. The van der Waals surface area contributed by atoms with Gasteiger partial charge in [-0.15, -0.1) is 0 Å². The number of hydrogen-bond acceptors (Lipinski definition) is 4. The molecule has 0 saturated carbocycles. The van der Waals surface area contributed by atoms with Gasteiger partial charge < -0.3 is 15.0 Å². The van der Waals surface area contributed by atoms with Crippen LogP contribution < -0.4 is 5.32 Å². The lowest BCUT2D eigenvalue weighted by Gasteiger charge is -2.18. The van der Waals surface area contributed by atoms with Crippen LogP contribution in [0.2, 0.25) is 0 Å². The van der Waals surface area contributed by atoms with Crippen molar-refractivity contribution in [1.82, 2.24) is 20.1 Å². The largest absolute Gasteiger partial charge is 0.383 e. The molecule has 37 heavy (non-hydrogen) atoms. The molecule has 1 atom stereocenters.